The number of aliphatic carboxylic acids is 1. The van der Waals surface area contributed by atoms with Crippen LogP contribution >= 0.6 is 0 Å². The van der Waals surface area contributed by atoms with Crippen molar-refractivity contribution in [2.24, 2.45) is 5.73 Å². The molecule has 0 heterocycles. The van der Waals surface area contributed by atoms with Crippen LogP contribution in [-0.4, -0.2) is 80.1 Å². The zero-order chi connectivity index (χ0) is 68.5. The first-order chi connectivity index (χ1) is 45.5. The summed E-state index contributed by atoms with van der Waals surface area (Å²) < 4.78 is 0. The average Bonchev–Trinajstić information content (AvgIpc) is 3.76. The van der Waals surface area contributed by atoms with Gasteiger partial charge in [-0.2, -0.15) is 0 Å². The summed E-state index contributed by atoms with van der Waals surface area (Å²) in [5, 5.41) is 11.6. The molecule has 0 fully saturated rings. The molecule has 0 radical (unpaired) electrons. The van der Waals surface area contributed by atoms with Gasteiger partial charge in [0, 0.05) is 24.9 Å². The number of carbonyl (C=O) groups is 2. The molecule has 0 aromatic heterocycles. The quantitative estimate of drug-likeness (QED) is 0.0415. The van der Waals surface area contributed by atoms with Crippen molar-refractivity contribution in [3.05, 3.63) is 97.2 Å². The number of unbranched alkanes of at least 4 members (excludes halogenated alkanes) is 36. The minimum Gasteiger partial charge on any atom is -0.481 e. The number of carboxylic acids is 1. The van der Waals surface area contributed by atoms with Crippen molar-refractivity contribution in [3.8, 4) is 0 Å². The molecule has 0 aliphatic rings. The summed E-state index contributed by atoms with van der Waals surface area (Å²) in [4.78, 5) is 26.7. The van der Waals surface area contributed by atoms with Crippen LogP contribution in [0.3, 0.4) is 0 Å². The highest BCUT2D eigenvalue weighted by atomic mass is 16.4. The maximum absolute atomic E-state index is 12.6. The predicted octanol–water partition coefficient (Wildman–Crippen LogP) is 26.4. The second kappa shape index (κ2) is 84.8. The van der Waals surface area contributed by atoms with E-state index in [9.17, 15) is 9.59 Å². The van der Waals surface area contributed by atoms with Crippen LogP contribution in [0.15, 0.2) is 97.2 Å². The van der Waals surface area contributed by atoms with Crippen molar-refractivity contribution >= 4 is 11.9 Å². The molecular weight excluding hydrogens is 1140 g/mol. The van der Waals surface area contributed by atoms with E-state index in [2.05, 4.69) is 149 Å². The summed E-state index contributed by atoms with van der Waals surface area (Å²) in [7, 11) is 8.03. The molecular formula is C86H162N4O3. The van der Waals surface area contributed by atoms with Crippen molar-refractivity contribution in [1.82, 2.24) is 15.1 Å². The summed E-state index contributed by atoms with van der Waals surface area (Å²) in [6.07, 6.45) is 108. The Balaban J connectivity index is -0.00000155. The third kappa shape index (κ3) is 93.0. The van der Waals surface area contributed by atoms with E-state index in [1.807, 2.05) is 19.0 Å². The summed E-state index contributed by atoms with van der Waals surface area (Å²) in [5.74, 6) is -0.455. The Morgan fingerprint density at radius 2 is 0.538 bits per heavy atom. The molecule has 0 rings (SSSR count). The average molecular weight is 1300 g/mol. The molecule has 0 aliphatic carbocycles. The number of amides is 1. The zero-order valence-electron chi connectivity index (χ0n) is 63.6. The highest BCUT2D eigenvalue weighted by Crippen LogP contribution is 2.18. The van der Waals surface area contributed by atoms with E-state index in [1.54, 1.807) is 0 Å². The SMILES string of the molecule is CCCCC/C=C\C/C=C\CCCCCCCCC(CCCCCCCC/C=C\C/C=C\CCCCC)NC(=O)CCCN(C)C.CCCCC/C=C\C/C=C\CCCCCCCCC(N)CCCCCCCC/C=C\C/C=C\CCCCC.CN(C)CCCC(=O)O. The lowest BCUT2D eigenvalue weighted by Gasteiger charge is -2.19. The Morgan fingerprint density at radius 3 is 0.785 bits per heavy atom. The molecule has 0 unspecified atom stereocenters. The molecule has 544 valence electrons. The van der Waals surface area contributed by atoms with E-state index >= 15 is 0 Å². The van der Waals surface area contributed by atoms with Crippen LogP contribution < -0.4 is 11.1 Å². The second-order valence-corrected chi connectivity index (χ2v) is 27.7. The highest BCUT2D eigenvalue weighted by Gasteiger charge is 2.13. The normalized spacial score (nSPS) is 12.2. The molecule has 0 aliphatic heterocycles. The maximum atomic E-state index is 12.6. The fourth-order valence-corrected chi connectivity index (χ4v) is 11.4. The number of nitrogens with one attached hydrogen (secondary N) is 1. The number of carbonyl (C=O) groups excluding carboxylic acids is 1. The van der Waals surface area contributed by atoms with Crippen LogP contribution in [0.25, 0.3) is 0 Å². The first-order valence-corrected chi connectivity index (χ1v) is 40.3. The van der Waals surface area contributed by atoms with Crippen molar-refractivity contribution in [3.63, 3.8) is 0 Å². The Morgan fingerprint density at radius 1 is 0.312 bits per heavy atom. The number of rotatable bonds is 69. The molecule has 7 heteroatoms. The van der Waals surface area contributed by atoms with Crippen molar-refractivity contribution in [1.29, 1.82) is 0 Å². The Labute approximate surface area is 582 Å². The van der Waals surface area contributed by atoms with Crippen LogP contribution in [0, 0.1) is 0 Å². The summed E-state index contributed by atoms with van der Waals surface area (Å²) in [5.41, 5.74) is 6.37. The van der Waals surface area contributed by atoms with Crippen molar-refractivity contribution < 1.29 is 14.7 Å². The molecule has 0 saturated carbocycles. The molecule has 0 aromatic carbocycles. The van der Waals surface area contributed by atoms with Gasteiger partial charge in [0.25, 0.3) is 0 Å². The van der Waals surface area contributed by atoms with Gasteiger partial charge in [-0.1, -0.05) is 305 Å². The Kier molecular flexibility index (Phi) is 85.7. The number of hydrogen-bond donors (Lipinski definition) is 3. The Bertz CT molecular complexity index is 1610. The van der Waals surface area contributed by atoms with Crippen molar-refractivity contribution in [2.45, 2.75) is 399 Å². The highest BCUT2D eigenvalue weighted by molar-refractivity contribution is 5.76. The van der Waals surface area contributed by atoms with Gasteiger partial charge < -0.3 is 26.0 Å². The zero-order valence-corrected chi connectivity index (χ0v) is 63.6. The van der Waals surface area contributed by atoms with Gasteiger partial charge in [0.2, 0.25) is 5.91 Å². The fraction of sp³-hybridized carbons (Fsp3) is 0.791. The smallest absolute Gasteiger partial charge is 0.303 e. The van der Waals surface area contributed by atoms with Gasteiger partial charge in [-0.3, -0.25) is 9.59 Å². The number of nitrogens with zero attached hydrogens (tertiary/aromatic N) is 2. The topological polar surface area (TPSA) is 98.9 Å². The second-order valence-electron chi connectivity index (χ2n) is 27.7. The van der Waals surface area contributed by atoms with Crippen LogP contribution in [0.4, 0.5) is 0 Å². The van der Waals surface area contributed by atoms with Gasteiger partial charge in [-0.25, -0.2) is 0 Å². The monoisotopic (exact) mass is 1300 g/mol. The molecule has 4 N–H and O–H groups in total. The third-order valence-electron chi connectivity index (χ3n) is 17.4. The van der Waals surface area contributed by atoms with Crippen molar-refractivity contribution in [2.75, 3.05) is 41.3 Å². The van der Waals surface area contributed by atoms with Gasteiger partial charge in [0.15, 0.2) is 0 Å². The number of hydrogen-bond acceptors (Lipinski definition) is 5. The predicted molar refractivity (Wildman–Crippen MR) is 419 cm³/mol. The van der Waals surface area contributed by atoms with Gasteiger partial charge in [-0.15, -0.1) is 0 Å². The Hall–Kier alpha value is -3.26. The van der Waals surface area contributed by atoms with Crippen LogP contribution in [0.1, 0.15) is 387 Å². The van der Waals surface area contributed by atoms with Gasteiger partial charge in [-0.05, 0) is 208 Å². The molecule has 0 saturated heterocycles. The largest absolute Gasteiger partial charge is 0.481 e. The van der Waals surface area contributed by atoms with E-state index < -0.39 is 5.97 Å². The summed E-state index contributed by atoms with van der Waals surface area (Å²) >= 11 is 0. The van der Waals surface area contributed by atoms with Crippen LogP contribution in [0.2, 0.25) is 0 Å². The van der Waals surface area contributed by atoms with Gasteiger partial charge in [0.1, 0.15) is 0 Å². The van der Waals surface area contributed by atoms with E-state index in [-0.39, 0.29) is 12.3 Å². The lowest BCUT2D eigenvalue weighted by atomic mass is 9.99. The molecule has 93 heavy (non-hydrogen) atoms. The van der Waals surface area contributed by atoms with E-state index in [1.165, 1.54) is 295 Å². The number of carboxylic acid groups (broad SMARTS) is 1. The van der Waals surface area contributed by atoms with Gasteiger partial charge >= 0.3 is 5.97 Å². The molecule has 7 nitrogen and oxygen atoms in total. The molecule has 0 aromatic rings. The molecule has 1 amide bonds. The molecule has 0 spiro atoms. The van der Waals surface area contributed by atoms with E-state index in [4.69, 9.17) is 10.8 Å². The number of nitrogens with two attached hydrogens (primary N) is 1. The maximum Gasteiger partial charge on any atom is 0.303 e. The molecule has 0 atom stereocenters. The lowest BCUT2D eigenvalue weighted by Crippen LogP contribution is -2.35. The minimum atomic E-state index is -0.711. The minimum absolute atomic E-state index is 0.256. The van der Waals surface area contributed by atoms with Crippen LogP contribution in [-0.2, 0) is 9.59 Å². The lowest BCUT2D eigenvalue weighted by molar-refractivity contribution is -0.137. The first-order valence-electron chi connectivity index (χ1n) is 40.3. The summed E-state index contributed by atoms with van der Waals surface area (Å²) in [6.45, 7) is 10.9. The molecule has 0 bridgehead atoms. The summed E-state index contributed by atoms with van der Waals surface area (Å²) in [6, 6.07) is 0.801. The van der Waals surface area contributed by atoms with E-state index in [0.29, 0.717) is 18.5 Å². The first kappa shape index (κ1) is 93.9. The standard InChI is InChI=1S/C43H80N2O.C37H69N.C6H13NO2/c1-5-7-9-11-13-15-17-19-21-23-25-27-29-31-33-35-38-42(44-43(46)40-37-41-45(3)4)39-36-34-32-30-28-26-24-22-20-18-16-14-12-10-8-6-2;1-3-5-7-9-11-13-15-17-19-21-23-25-27-29-31-33-35-37(38)36-34-32-30-28-26-24-22-20-18-16-14-12-10-8-6-4-2;1-7(2)5-3-4-6(8)9/h13-16,19-22,42H,5-12,17-18,23-41H2,1-4H3,(H,44,46);11-14,17-20,37H,3-10,15-16,21-36,38H2,1-2H3;3-5H2,1-2H3,(H,8,9)/b15-13-,16-14-,21-19-,22-20-;13-11-,14-12-,19-17-,20-18-;. The fourth-order valence-electron chi connectivity index (χ4n) is 11.4. The van der Waals surface area contributed by atoms with Crippen LogP contribution in [0.5, 0.6) is 0 Å². The van der Waals surface area contributed by atoms with E-state index in [0.717, 1.165) is 64.5 Å². The number of allylic oxidation sites excluding steroid dienone is 16. The van der Waals surface area contributed by atoms with Gasteiger partial charge in [0.05, 0.1) is 0 Å². The third-order valence-corrected chi connectivity index (χ3v) is 17.4.